The minimum Gasteiger partial charge on any atom is -0.507 e. The van der Waals surface area contributed by atoms with Crippen LogP contribution in [-0.2, 0) is 0 Å². The van der Waals surface area contributed by atoms with E-state index in [1.165, 1.54) is 6.07 Å². The van der Waals surface area contributed by atoms with Crippen LogP contribution in [0.4, 0.5) is 5.82 Å². The zero-order chi connectivity index (χ0) is 19.9. The molecule has 1 aromatic carbocycles. The molecule has 0 radical (unpaired) electrons. The summed E-state index contributed by atoms with van der Waals surface area (Å²) in [6.45, 7) is 5.77. The molecule has 2 heterocycles. The van der Waals surface area contributed by atoms with Gasteiger partial charge in [0.1, 0.15) is 5.75 Å². The number of likely N-dealkylation sites (tertiary alicyclic amines) is 1. The number of nitrogens with one attached hydrogen (secondary N) is 1. The maximum absolute atomic E-state index is 10.2. The summed E-state index contributed by atoms with van der Waals surface area (Å²) in [5.74, 6) is 1.05. The third kappa shape index (κ3) is 4.06. The Balaban J connectivity index is 1.41. The average molecular weight is 404 g/mol. The Morgan fingerprint density at radius 2 is 2.07 bits per heavy atom. The van der Waals surface area contributed by atoms with Crippen LogP contribution in [-0.4, -0.2) is 61.1 Å². The van der Waals surface area contributed by atoms with Crippen molar-refractivity contribution in [2.75, 3.05) is 18.4 Å². The second kappa shape index (κ2) is 7.46. The number of halogens is 1. The van der Waals surface area contributed by atoms with E-state index in [-0.39, 0.29) is 11.8 Å². The van der Waals surface area contributed by atoms with Crippen molar-refractivity contribution in [3.8, 4) is 17.1 Å². The minimum absolute atomic E-state index is 0.0480. The number of anilines is 1. The number of aryl methyl sites for hydroxylation is 1. The van der Waals surface area contributed by atoms with Crippen LogP contribution in [0, 0.1) is 6.92 Å². The summed E-state index contributed by atoms with van der Waals surface area (Å²) in [6, 6.07) is 4.00. The first kappa shape index (κ1) is 19.4. The monoisotopic (exact) mass is 403 g/mol. The topological polar surface area (TPSA) is 94.4 Å². The van der Waals surface area contributed by atoms with Gasteiger partial charge in [-0.05, 0) is 63.8 Å². The molecule has 0 amide bonds. The van der Waals surface area contributed by atoms with Crippen molar-refractivity contribution in [2.45, 2.75) is 57.2 Å². The van der Waals surface area contributed by atoms with Crippen molar-refractivity contribution < 1.29 is 10.2 Å². The van der Waals surface area contributed by atoms with Crippen molar-refractivity contribution in [3.05, 3.63) is 28.9 Å². The largest absolute Gasteiger partial charge is 0.507 e. The number of aromatic hydroxyl groups is 1. The zero-order valence-electron chi connectivity index (χ0n) is 16.2. The third-order valence-corrected chi connectivity index (χ3v) is 5.95. The van der Waals surface area contributed by atoms with Crippen molar-refractivity contribution in [1.29, 1.82) is 0 Å². The number of rotatable bonds is 4. The first-order valence-electron chi connectivity index (χ1n) is 9.73. The van der Waals surface area contributed by atoms with E-state index in [9.17, 15) is 10.2 Å². The van der Waals surface area contributed by atoms with Crippen LogP contribution in [0.2, 0.25) is 5.02 Å². The molecule has 4 rings (SSSR count). The fourth-order valence-electron chi connectivity index (χ4n) is 4.35. The molecule has 7 nitrogen and oxygen atoms in total. The van der Waals surface area contributed by atoms with Gasteiger partial charge in [0.2, 0.25) is 0 Å². The van der Waals surface area contributed by atoms with E-state index in [1.807, 2.05) is 13.8 Å². The van der Waals surface area contributed by atoms with Gasteiger partial charge < -0.3 is 15.5 Å². The fourth-order valence-corrected chi connectivity index (χ4v) is 4.62. The van der Waals surface area contributed by atoms with E-state index in [0.717, 1.165) is 44.3 Å². The van der Waals surface area contributed by atoms with Crippen LogP contribution in [0.25, 0.3) is 11.4 Å². The number of benzene rings is 1. The molecular weight excluding hydrogens is 378 g/mol. The highest BCUT2D eigenvalue weighted by molar-refractivity contribution is 6.30. The van der Waals surface area contributed by atoms with E-state index in [2.05, 4.69) is 25.4 Å². The van der Waals surface area contributed by atoms with E-state index in [4.69, 9.17) is 11.6 Å². The third-order valence-electron chi connectivity index (χ3n) is 5.74. The Morgan fingerprint density at radius 1 is 1.29 bits per heavy atom. The number of hydrogen-bond donors (Lipinski definition) is 3. The van der Waals surface area contributed by atoms with Crippen LogP contribution in [0.3, 0.4) is 0 Å². The van der Waals surface area contributed by atoms with E-state index < -0.39 is 5.60 Å². The molecule has 1 atom stereocenters. The number of aromatic nitrogens is 3. The summed E-state index contributed by atoms with van der Waals surface area (Å²) < 4.78 is 0. The second-order valence-electron chi connectivity index (χ2n) is 8.32. The molecule has 2 aliphatic rings. The molecule has 0 bridgehead atoms. The standard InChI is InChI=1S/C20H26ClN5O2/c1-12-6-13(21)7-16(27)18(12)19-22-10-17(24-25-19)23-14-4-3-5-26(11-14)15-8-20(2,28)9-15/h6-7,10,14-15,27-28H,3-5,8-9,11H2,1-2H3,(H,23,24). The molecular formula is C20H26ClN5O2. The molecule has 3 N–H and O–H groups in total. The van der Waals surface area contributed by atoms with Crippen molar-refractivity contribution in [2.24, 2.45) is 0 Å². The van der Waals surface area contributed by atoms with Crippen LogP contribution in [0.5, 0.6) is 5.75 Å². The van der Waals surface area contributed by atoms with E-state index >= 15 is 0 Å². The Labute approximate surface area is 169 Å². The Morgan fingerprint density at radius 3 is 2.71 bits per heavy atom. The van der Waals surface area contributed by atoms with Crippen molar-refractivity contribution >= 4 is 17.4 Å². The van der Waals surface area contributed by atoms with Gasteiger partial charge in [-0.15, -0.1) is 10.2 Å². The maximum Gasteiger partial charge on any atom is 0.185 e. The molecule has 1 aromatic heterocycles. The normalized spacial score (nSPS) is 28.0. The van der Waals surface area contributed by atoms with Crippen LogP contribution in [0.15, 0.2) is 18.3 Å². The number of nitrogens with zero attached hydrogens (tertiary/aromatic N) is 4. The molecule has 8 heteroatoms. The Bertz CT molecular complexity index is 827. The van der Waals surface area contributed by atoms with Crippen molar-refractivity contribution in [3.63, 3.8) is 0 Å². The predicted octanol–water partition coefficient (Wildman–Crippen LogP) is 3.00. The highest BCUT2D eigenvalue weighted by Crippen LogP contribution is 2.37. The summed E-state index contributed by atoms with van der Waals surface area (Å²) in [5.41, 5.74) is 0.845. The lowest BCUT2D eigenvalue weighted by Gasteiger charge is -2.49. The van der Waals surface area contributed by atoms with Gasteiger partial charge in [-0.25, -0.2) is 4.98 Å². The van der Waals surface area contributed by atoms with Crippen molar-refractivity contribution in [1.82, 2.24) is 20.1 Å². The number of piperidine rings is 1. The highest BCUT2D eigenvalue weighted by atomic mass is 35.5. The number of phenols is 1. The van der Waals surface area contributed by atoms with E-state index in [1.54, 1.807) is 12.3 Å². The summed E-state index contributed by atoms with van der Waals surface area (Å²) in [4.78, 5) is 6.84. The first-order valence-corrected chi connectivity index (χ1v) is 10.1. The predicted molar refractivity (Wildman–Crippen MR) is 109 cm³/mol. The fraction of sp³-hybridized carbons (Fsp3) is 0.550. The number of phenolic OH excluding ortho intramolecular Hbond substituents is 1. The number of aliphatic hydroxyl groups is 1. The van der Waals surface area contributed by atoms with Gasteiger partial charge in [0.15, 0.2) is 11.6 Å². The number of hydrogen-bond acceptors (Lipinski definition) is 7. The minimum atomic E-state index is -0.498. The summed E-state index contributed by atoms with van der Waals surface area (Å²) in [5, 5.41) is 32.5. The van der Waals surface area contributed by atoms with Gasteiger partial charge in [0, 0.05) is 23.7 Å². The molecule has 2 fully saturated rings. The molecule has 2 aromatic rings. The van der Waals surface area contributed by atoms with Crippen LogP contribution in [0.1, 0.15) is 38.2 Å². The van der Waals surface area contributed by atoms with Crippen LogP contribution < -0.4 is 5.32 Å². The second-order valence-corrected chi connectivity index (χ2v) is 8.76. The van der Waals surface area contributed by atoms with Gasteiger partial charge in [-0.2, -0.15) is 0 Å². The summed E-state index contributed by atoms with van der Waals surface area (Å²) in [6.07, 6.45) is 5.54. The molecule has 28 heavy (non-hydrogen) atoms. The van der Waals surface area contributed by atoms with Gasteiger partial charge in [0.25, 0.3) is 0 Å². The first-order chi connectivity index (χ1) is 13.3. The van der Waals surface area contributed by atoms with Crippen LogP contribution >= 0.6 is 11.6 Å². The van der Waals surface area contributed by atoms with Gasteiger partial charge >= 0.3 is 0 Å². The molecule has 1 unspecified atom stereocenters. The molecule has 1 aliphatic heterocycles. The highest BCUT2D eigenvalue weighted by Gasteiger charge is 2.42. The van der Waals surface area contributed by atoms with Gasteiger partial charge in [-0.3, -0.25) is 4.90 Å². The molecule has 1 saturated carbocycles. The molecule has 1 aliphatic carbocycles. The lowest BCUT2D eigenvalue weighted by Crippen LogP contribution is -2.57. The lowest BCUT2D eigenvalue weighted by molar-refractivity contribution is -0.0823. The zero-order valence-corrected chi connectivity index (χ0v) is 16.9. The quantitative estimate of drug-likeness (QED) is 0.722. The SMILES string of the molecule is Cc1cc(Cl)cc(O)c1-c1ncc(NC2CCCN(C3CC(C)(O)C3)C2)nn1. The van der Waals surface area contributed by atoms with Gasteiger partial charge in [-0.1, -0.05) is 11.6 Å². The summed E-state index contributed by atoms with van der Waals surface area (Å²) >= 11 is 5.96. The Hall–Kier alpha value is -1.96. The lowest BCUT2D eigenvalue weighted by atomic mass is 9.76. The molecule has 1 saturated heterocycles. The average Bonchev–Trinajstić information content (AvgIpc) is 2.60. The van der Waals surface area contributed by atoms with E-state index in [0.29, 0.717) is 28.3 Å². The molecule has 0 spiro atoms. The smallest absolute Gasteiger partial charge is 0.185 e. The molecule has 150 valence electrons. The van der Waals surface area contributed by atoms with Gasteiger partial charge in [0.05, 0.1) is 17.4 Å². The maximum atomic E-state index is 10.2. The summed E-state index contributed by atoms with van der Waals surface area (Å²) in [7, 11) is 0. The Kier molecular flexibility index (Phi) is 5.16.